The fourth-order valence-electron chi connectivity index (χ4n) is 4.06. The molecule has 0 spiro atoms. The number of rotatable bonds is 12. The van der Waals surface area contributed by atoms with E-state index in [9.17, 15) is 24.5 Å². The Bertz CT molecular complexity index is 1680. The third-order valence-corrected chi connectivity index (χ3v) is 7.67. The van der Waals surface area contributed by atoms with E-state index in [-0.39, 0.29) is 17.3 Å². The predicted octanol–water partition coefficient (Wildman–Crippen LogP) is 6.52. The van der Waals surface area contributed by atoms with E-state index >= 15 is 0 Å². The van der Waals surface area contributed by atoms with E-state index in [1.165, 1.54) is 36.0 Å². The number of hydrogen-bond donors (Lipinski definition) is 3. The number of nitrogens with zero attached hydrogens (tertiary/aromatic N) is 1. The lowest BCUT2D eigenvalue weighted by Gasteiger charge is -2.16. The second kappa shape index (κ2) is 15.2. The van der Waals surface area contributed by atoms with E-state index in [1.807, 2.05) is 13.0 Å². The number of nitro benzene ring substituents is 1. The van der Waals surface area contributed by atoms with Gasteiger partial charge in [-0.15, -0.1) is 11.8 Å². The number of non-ortho nitro benzene ring substituents is 1. The van der Waals surface area contributed by atoms with Gasteiger partial charge < -0.3 is 20.7 Å². The summed E-state index contributed by atoms with van der Waals surface area (Å²) in [6, 6.07) is 28.3. The van der Waals surface area contributed by atoms with Crippen LogP contribution in [0.4, 0.5) is 17.1 Å². The van der Waals surface area contributed by atoms with Crippen LogP contribution < -0.4 is 20.7 Å². The molecule has 0 aliphatic rings. The first-order valence-corrected chi connectivity index (χ1v) is 14.5. The van der Waals surface area contributed by atoms with Gasteiger partial charge in [0.2, 0.25) is 5.91 Å². The smallest absolute Gasteiger partial charge is 0.272 e. The first kappa shape index (κ1) is 31.5. The molecule has 0 fully saturated rings. The molecule has 224 valence electrons. The molecule has 1 unspecified atom stereocenters. The number of nitro groups is 1. The van der Waals surface area contributed by atoms with Crippen molar-refractivity contribution in [3.8, 4) is 5.75 Å². The zero-order valence-electron chi connectivity index (χ0n) is 24.0. The molecule has 1 atom stereocenters. The molecule has 0 saturated carbocycles. The normalized spacial score (nSPS) is 11.6. The lowest BCUT2D eigenvalue weighted by molar-refractivity contribution is -0.384. The average molecular weight is 611 g/mol. The summed E-state index contributed by atoms with van der Waals surface area (Å²) in [5.41, 5.74) is 1.93. The molecule has 3 N–H and O–H groups in total. The highest BCUT2D eigenvalue weighted by atomic mass is 32.2. The van der Waals surface area contributed by atoms with Gasteiger partial charge in [-0.1, -0.05) is 43.3 Å². The Kier molecular flexibility index (Phi) is 10.9. The number of amides is 3. The maximum absolute atomic E-state index is 13.5. The van der Waals surface area contributed by atoms with Crippen LogP contribution in [0.2, 0.25) is 0 Å². The lowest BCUT2D eigenvalue weighted by Crippen LogP contribution is -2.30. The summed E-state index contributed by atoms with van der Waals surface area (Å²) in [6.45, 7) is 1.88. The number of carbonyl (C=O) groups is 3. The minimum atomic E-state index is -0.540. The van der Waals surface area contributed by atoms with Crippen LogP contribution in [-0.4, -0.2) is 35.0 Å². The van der Waals surface area contributed by atoms with Gasteiger partial charge >= 0.3 is 0 Å². The van der Waals surface area contributed by atoms with Crippen LogP contribution in [0.25, 0.3) is 6.08 Å². The number of anilines is 2. The summed E-state index contributed by atoms with van der Waals surface area (Å²) in [5, 5.41) is 18.8. The summed E-state index contributed by atoms with van der Waals surface area (Å²) in [6.07, 6.45) is 2.08. The van der Waals surface area contributed by atoms with Crippen molar-refractivity contribution < 1.29 is 24.0 Å². The fourth-order valence-corrected chi connectivity index (χ4v) is 5.08. The number of nitrogens with one attached hydrogen (secondary N) is 3. The van der Waals surface area contributed by atoms with Crippen LogP contribution in [-0.2, 0) is 9.59 Å². The molecule has 44 heavy (non-hydrogen) atoms. The standard InChI is InChI=1S/C33H30N4O6S/c1-3-30(33(40)34-24-15-17-26(18-16-24)37(41)42)44-28-14-8-12-25(21-28)35-32(39)29(20-22-9-7-13-27(19-22)43-2)36-31(38)23-10-5-4-6-11-23/h4-21,30H,3H2,1-2H3,(H,34,40)(H,35,39)(H,36,38)/b29-20-. The molecule has 0 saturated heterocycles. The zero-order chi connectivity index (χ0) is 31.5. The van der Waals surface area contributed by atoms with Gasteiger partial charge in [0.05, 0.1) is 17.3 Å². The summed E-state index contributed by atoms with van der Waals surface area (Å²) in [7, 11) is 1.54. The minimum Gasteiger partial charge on any atom is -0.497 e. The Morgan fingerprint density at radius 1 is 0.886 bits per heavy atom. The molecule has 10 nitrogen and oxygen atoms in total. The largest absolute Gasteiger partial charge is 0.497 e. The van der Waals surface area contributed by atoms with E-state index in [0.29, 0.717) is 34.7 Å². The van der Waals surface area contributed by atoms with Gasteiger partial charge in [-0.3, -0.25) is 24.5 Å². The molecule has 0 radical (unpaired) electrons. The molecule has 11 heteroatoms. The summed E-state index contributed by atoms with van der Waals surface area (Å²) < 4.78 is 5.29. The first-order valence-electron chi connectivity index (χ1n) is 13.6. The number of hydrogen-bond acceptors (Lipinski definition) is 7. The number of thioether (sulfide) groups is 1. The molecule has 4 rings (SSSR count). The van der Waals surface area contributed by atoms with Crippen molar-refractivity contribution in [2.45, 2.75) is 23.5 Å². The van der Waals surface area contributed by atoms with E-state index in [2.05, 4.69) is 16.0 Å². The Hall–Kier alpha value is -5.42. The van der Waals surface area contributed by atoms with Gasteiger partial charge in [0.15, 0.2) is 0 Å². The topological polar surface area (TPSA) is 140 Å². The van der Waals surface area contributed by atoms with Crippen molar-refractivity contribution >= 4 is 52.6 Å². The molecule has 0 bridgehead atoms. The molecular weight excluding hydrogens is 580 g/mol. The van der Waals surface area contributed by atoms with Crippen LogP contribution in [0.3, 0.4) is 0 Å². The molecule has 4 aromatic carbocycles. The molecule has 0 aliphatic carbocycles. The number of methoxy groups -OCH3 is 1. The molecule has 0 aromatic heterocycles. The third kappa shape index (κ3) is 8.79. The van der Waals surface area contributed by atoms with E-state index in [0.717, 1.165) is 4.90 Å². The lowest BCUT2D eigenvalue weighted by atomic mass is 10.1. The second-order valence-corrected chi connectivity index (χ2v) is 10.7. The van der Waals surface area contributed by atoms with Crippen LogP contribution in [0.15, 0.2) is 114 Å². The van der Waals surface area contributed by atoms with Crippen molar-refractivity contribution in [3.63, 3.8) is 0 Å². The van der Waals surface area contributed by atoms with Crippen LogP contribution in [0.1, 0.15) is 29.3 Å². The van der Waals surface area contributed by atoms with Gasteiger partial charge in [-0.25, -0.2) is 0 Å². The number of ether oxygens (including phenoxy) is 1. The molecule has 4 aromatic rings. The van der Waals surface area contributed by atoms with Crippen LogP contribution in [0, 0.1) is 10.1 Å². The molecule has 3 amide bonds. The monoisotopic (exact) mass is 610 g/mol. The Morgan fingerprint density at radius 2 is 1.61 bits per heavy atom. The van der Waals surface area contributed by atoms with E-state index in [1.54, 1.807) is 86.0 Å². The molecule has 0 aliphatic heterocycles. The number of benzene rings is 4. The third-order valence-electron chi connectivity index (χ3n) is 6.31. The molecular formula is C33H30N4O6S. The van der Waals surface area contributed by atoms with Crippen molar-refractivity contribution in [2.75, 3.05) is 17.7 Å². The van der Waals surface area contributed by atoms with E-state index in [4.69, 9.17) is 4.74 Å². The predicted molar refractivity (Wildman–Crippen MR) is 172 cm³/mol. The zero-order valence-corrected chi connectivity index (χ0v) is 24.8. The average Bonchev–Trinajstić information content (AvgIpc) is 3.04. The van der Waals surface area contributed by atoms with Crippen LogP contribution >= 0.6 is 11.8 Å². The summed E-state index contributed by atoms with van der Waals surface area (Å²) >= 11 is 1.32. The molecule has 0 heterocycles. The highest BCUT2D eigenvalue weighted by Crippen LogP contribution is 2.29. The number of carbonyl (C=O) groups excluding carboxylic acids is 3. The van der Waals surface area contributed by atoms with Crippen molar-refractivity contribution in [1.82, 2.24) is 5.32 Å². The van der Waals surface area contributed by atoms with Gasteiger partial charge in [0.1, 0.15) is 11.4 Å². The fraction of sp³-hybridized carbons (Fsp3) is 0.121. The minimum absolute atomic E-state index is 0.0269. The highest BCUT2D eigenvalue weighted by molar-refractivity contribution is 8.00. The SMILES string of the molecule is CCC(Sc1cccc(NC(=O)/C(=C/c2cccc(OC)c2)NC(=O)c2ccccc2)c1)C(=O)Nc1ccc([N+](=O)[O-])cc1. The quantitative estimate of drug-likeness (QED) is 0.0718. The Labute approximate surface area is 258 Å². The van der Waals surface area contributed by atoms with Crippen LogP contribution in [0.5, 0.6) is 5.75 Å². The van der Waals surface area contributed by atoms with Gasteiger partial charge in [-0.2, -0.15) is 0 Å². The van der Waals surface area contributed by atoms with Crippen molar-refractivity contribution in [2.24, 2.45) is 0 Å². The van der Waals surface area contributed by atoms with E-state index < -0.39 is 22.0 Å². The maximum atomic E-state index is 13.5. The van der Waals surface area contributed by atoms with Gasteiger partial charge in [-0.05, 0) is 72.7 Å². The Morgan fingerprint density at radius 3 is 2.30 bits per heavy atom. The Balaban J connectivity index is 1.49. The summed E-state index contributed by atoms with van der Waals surface area (Å²) in [5.74, 6) is -0.639. The van der Waals surface area contributed by atoms with Gasteiger partial charge in [0, 0.05) is 34.0 Å². The highest BCUT2D eigenvalue weighted by Gasteiger charge is 2.20. The second-order valence-electron chi connectivity index (χ2n) is 9.44. The van der Waals surface area contributed by atoms with Crippen molar-refractivity contribution in [3.05, 3.63) is 130 Å². The summed E-state index contributed by atoms with van der Waals surface area (Å²) in [4.78, 5) is 50.5. The maximum Gasteiger partial charge on any atom is 0.272 e. The first-order chi connectivity index (χ1) is 21.2. The van der Waals surface area contributed by atoms with Gasteiger partial charge in [0.25, 0.3) is 17.5 Å². The van der Waals surface area contributed by atoms with Crippen molar-refractivity contribution in [1.29, 1.82) is 0 Å².